The van der Waals surface area contributed by atoms with Crippen LogP contribution < -0.4 is 15.2 Å². The number of pyridine rings is 1. The van der Waals surface area contributed by atoms with E-state index in [1.807, 2.05) is 16.9 Å². The number of ether oxygens (including phenoxy) is 2. The van der Waals surface area contributed by atoms with Gasteiger partial charge in [-0.1, -0.05) is 0 Å². The first-order chi connectivity index (χ1) is 16.4. The van der Waals surface area contributed by atoms with Crippen molar-refractivity contribution in [2.75, 3.05) is 25.3 Å². The zero-order valence-electron chi connectivity index (χ0n) is 20.0. The summed E-state index contributed by atoms with van der Waals surface area (Å²) < 4.78 is 13.2. The van der Waals surface area contributed by atoms with E-state index in [9.17, 15) is 9.59 Å². The van der Waals surface area contributed by atoms with Gasteiger partial charge in [0, 0.05) is 48.2 Å². The largest absolute Gasteiger partial charge is 0.496 e. The number of rotatable bonds is 5. The SMILES string of the molecule is COc1cc2c(cc1-c1ncc(C3CCOCC3)s1)CN(C(C)C)n1cc(C(C)=O)c(=O)cc1-2. The molecule has 4 heterocycles. The number of carbonyl (C=O) groups is 1. The number of ketones is 1. The van der Waals surface area contributed by atoms with Crippen LogP contribution in [-0.2, 0) is 11.3 Å². The number of methoxy groups -OCH3 is 1. The zero-order valence-corrected chi connectivity index (χ0v) is 20.8. The molecular weight excluding hydrogens is 450 g/mol. The average Bonchev–Trinajstić information content (AvgIpc) is 3.33. The van der Waals surface area contributed by atoms with Crippen LogP contribution >= 0.6 is 11.3 Å². The lowest BCUT2D eigenvalue weighted by Gasteiger charge is -2.38. The van der Waals surface area contributed by atoms with Crippen molar-refractivity contribution in [3.05, 3.63) is 56.8 Å². The minimum Gasteiger partial charge on any atom is -0.496 e. The highest BCUT2D eigenvalue weighted by atomic mass is 32.1. The first kappa shape index (κ1) is 22.8. The lowest BCUT2D eigenvalue weighted by Crippen LogP contribution is -2.44. The Morgan fingerprint density at radius 2 is 1.97 bits per heavy atom. The Hall–Kier alpha value is -2.97. The second-order valence-electron chi connectivity index (χ2n) is 9.19. The lowest BCUT2D eigenvalue weighted by molar-refractivity contribution is 0.0859. The van der Waals surface area contributed by atoms with Crippen LogP contribution in [0.15, 0.2) is 35.4 Å². The van der Waals surface area contributed by atoms with Crippen molar-refractivity contribution in [2.45, 2.75) is 52.1 Å². The Kier molecular flexibility index (Phi) is 6.04. The maximum atomic E-state index is 12.7. The molecule has 0 radical (unpaired) electrons. The molecule has 2 aromatic heterocycles. The molecule has 0 unspecified atom stereocenters. The van der Waals surface area contributed by atoms with Crippen molar-refractivity contribution >= 4 is 17.1 Å². The first-order valence-corrected chi connectivity index (χ1v) is 12.5. The van der Waals surface area contributed by atoms with Gasteiger partial charge in [-0.25, -0.2) is 4.98 Å². The third kappa shape index (κ3) is 3.95. The van der Waals surface area contributed by atoms with Gasteiger partial charge in [-0.05, 0) is 57.2 Å². The molecule has 0 spiro atoms. The quantitative estimate of drug-likeness (QED) is 0.498. The van der Waals surface area contributed by atoms with Gasteiger partial charge in [0.15, 0.2) is 11.2 Å². The van der Waals surface area contributed by atoms with Gasteiger partial charge in [0.1, 0.15) is 10.8 Å². The number of hydrogen-bond donors (Lipinski definition) is 0. The second kappa shape index (κ2) is 9.00. The fourth-order valence-corrected chi connectivity index (χ4v) is 5.90. The van der Waals surface area contributed by atoms with E-state index in [1.165, 1.54) is 11.8 Å². The van der Waals surface area contributed by atoms with E-state index in [-0.39, 0.29) is 22.8 Å². The number of thiazole rings is 1. The molecule has 0 amide bonds. The van der Waals surface area contributed by atoms with Crippen molar-refractivity contribution < 1.29 is 14.3 Å². The molecule has 2 aliphatic rings. The molecule has 0 saturated carbocycles. The van der Waals surface area contributed by atoms with Crippen LogP contribution in [0, 0.1) is 0 Å². The highest BCUT2D eigenvalue weighted by molar-refractivity contribution is 7.15. The maximum absolute atomic E-state index is 12.7. The van der Waals surface area contributed by atoms with Gasteiger partial charge in [0.25, 0.3) is 0 Å². The number of Topliss-reactive ketones (excluding diaryl/α,β-unsaturated/α-hetero) is 1. The average molecular weight is 480 g/mol. The van der Waals surface area contributed by atoms with Gasteiger partial charge in [0.2, 0.25) is 0 Å². The molecule has 0 N–H and O–H groups in total. The van der Waals surface area contributed by atoms with Gasteiger partial charge < -0.3 is 14.5 Å². The van der Waals surface area contributed by atoms with Gasteiger partial charge in [-0.3, -0.25) is 14.3 Å². The summed E-state index contributed by atoms with van der Waals surface area (Å²) in [4.78, 5) is 30.8. The summed E-state index contributed by atoms with van der Waals surface area (Å²) in [6, 6.07) is 5.87. The summed E-state index contributed by atoms with van der Waals surface area (Å²) in [7, 11) is 1.66. The van der Waals surface area contributed by atoms with Gasteiger partial charge in [-0.2, -0.15) is 0 Å². The van der Waals surface area contributed by atoms with Crippen molar-refractivity contribution in [1.82, 2.24) is 9.66 Å². The summed E-state index contributed by atoms with van der Waals surface area (Å²) in [5.41, 5.74) is 3.69. The fraction of sp³-hybridized carbons (Fsp3) is 0.423. The highest BCUT2D eigenvalue weighted by Crippen LogP contribution is 2.42. The molecule has 1 saturated heterocycles. The number of benzene rings is 1. The van der Waals surface area contributed by atoms with Crippen LogP contribution in [0.5, 0.6) is 5.75 Å². The Balaban J connectivity index is 1.62. The van der Waals surface area contributed by atoms with E-state index in [0.717, 1.165) is 59.2 Å². The van der Waals surface area contributed by atoms with Crippen molar-refractivity contribution in [3.63, 3.8) is 0 Å². The molecule has 5 rings (SSSR count). The summed E-state index contributed by atoms with van der Waals surface area (Å²) in [5.74, 6) is 0.986. The molecule has 8 heteroatoms. The number of nitrogens with zero attached hydrogens (tertiary/aromatic N) is 3. The van der Waals surface area contributed by atoms with E-state index in [0.29, 0.717) is 12.5 Å². The molecule has 34 heavy (non-hydrogen) atoms. The molecule has 3 aromatic rings. The topological polar surface area (TPSA) is 73.7 Å². The Morgan fingerprint density at radius 3 is 2.65 bits per heavy atom. The van der Waals surface area contributed by atoms with Crippen LogP contribution in [-0.4, -0.2) is 41.8 Å². The molecule has 1 aromatic carbocycles. The summed E-state index contributed by atoms with van der Waals surface area (Å²) >= 11 is 1.72. The summed E-state index contributed by atoms with van der Waals surface area (Å²) in [6.07, 6.45) is 5.72. The second-order valence-corrected chi connectivity index (χ2v) is 10.3. The molecule has 2 aliphatic heterocycles. The van der Waals surface area contributed by atoms with Crippen LogP contribution in [0.3, 0.4) is 0 Å². The van der Waals surface area contributed by atoms with Crippen LogP contribution in [0.4, 0.5) is 0 Å². The predicted octanol–water partition coefficient (Wildman–Crippen LogP) is 4.60. The highest BCUT2D eigenvalue weighted by Gasteiger charge is 2.28. The van der Waals surface area contributed by atoms with Crippen LogP contribution in [0.2, 0.25) is 0 Å². The zero-order chi connectivity index (χ0) is 24.0. The molecule has 0 bridgehead atoms. The summed E-state index contributed by atoms with van der Waals surface area (Å²) in [5, 5.41) is 3.10. The van der Waals surface area contributed by atoms with E-state index >= 15 is 0 Å². The van der Waals surface area contributed by atoms with E-state index in [1.54, 1.807) is 30.7 Å². The van der Waals surface area contributed by atoms with Crippen molar-refractivity contribution in [3.8, 4) is 27.6 Å². The standard InChI is InChI=1S/C26H29N3O4S/c1-15(2)28-13-18-9-20(26-27-12-25(34-26)17-5-7-33-8-6-17)24(32-4)10-19(18)22-11-23(31)21(16(3)30)14-29(22)28/h9-12,14-15,17H,5-8,13H2,1-4H3. The van der Waals surface area contributed by atoms with Crippen molar-refractivity contribution in [2.24, 2.45) is 0 Å². The van der Waals surface area contributed by atoms with E-state index < -0.39 is 0 Å². The Bertz CT molecular complexity index is 1300. The molecule has 0 aliphatic carbocycles. The Morgan fingerprint density at radius 1 is 1.21 bits per heavy atom. The van der Waals surface area contributed by atoms with E-state index in [4.69, 9.17) is 14.5 Å². The fourth-order valence-electron chi connectivity index (χ4n) is 4.80. The van der Waals surface area contributed by atoms with Gasteiger partial charge >= 0.3 is 0 Å². The van der Waals surface area contributed by atoms with E-state index in [2.05, 4.69) is 24.9 Å². The lowest BCUT2D eigenvalue weighted by atomic mass is 9.96. The van der Waals surface area contributed by atoms with Crippen molar-refractivity contribution in [1.29, 1.82) is 0 Å². The minimum atomic E-state index is -0.264. The molecule has 1 fully saturated rings. The molecule has 178 valence electrons. The summed E-state index contributed by atoms with van der Waals surface area (Å²) in [6.45, 7) is 7.88. The number of aromatic nitrogens is 2. The minimum absolute atomic E-state index is 0.166. The molecule has 7 nitrogen and oxygen atoms in total. The smallest absolute Gasteiger partial charge is 0.193 e. The monoisotopic (exact) mass is 479 g/mol. The molecule has 0 atom stereocenters. The first-order valence-electron chi connectivity index (χ1n) is 11.7. The number of fused-ring (bicyclic) bond motifs is 3. The van der Waals surface area contributed by atoms with Gasteiger partial charge in [-0.15, -0.1) is 11.3 Å². The normalized spacial score (nSPS) is 15.9. The molecular formula is C26H29N3O4S. The third-order valence-electron chi connectivity index (χ3n) is 6.69. The number of hydrogen-bond acceptors (Lipinski definition) is 7. The predicted molar refractivity (Wildman–Crippen MR) is 134 cm³/mol. The van der Waals surface area contributed by atoms with Crippen LogP contribution in [0.1, 0.15) is 60.3 Å². The van der Waals surface area contributed by atoms with Crippen LogP contribution in [0.25, 0.3) is 21.8 Å². The Labute approximate surface area is 202 Å². The maximum Gasteiger partial charge on any atom is 0.193 e. The van der Waals surface area contributed by atoms with Gasteiger partial charge in [0.05, 0.1) is 30.5 Å². The third-order valence-corrected chi connectivity index (χ3v) is 7.89. The number of carbonyl (C=O) groups excluding carboxylic acids is 1.